The third-order valence-corrected chi connectivity index (χ3v) is 2.60. The van der Waals surface area contributed by atoms with Gasteiger partial charge in [0.2, 0.25) is 0 Å². The molecule has 5 nitrogen and oxygen atoms in total. The largest absolute Gasteiger partial charge is 0.493 e. The summed E-state index contributed by atoms with van der Waals surface area (Å²) in [5.41, 5.74) is 5.86. The van der Waals surface area contributed by atoms with Gasteiger partial charge in [-0.25, -0.2) is 0 Å². The zero-order valence-electron chi connectivity index (χ0n) is 9.57. The Kier molecular flexibility index (Phi) is 4.60. The van der Waals surface area contributed by atoms with Crippen LogP contribution >= 0.6 is 11.6 Å². The van der Waals surface area contributed by atoms with Crippen LogP contribution in [0.15, 0.2) is 12.1 Å². The van der Waals surface area contributed by atoms with Crippen molar-refractivity contribution in [2.24, 2.45) is 5.73 Å². The summed E-state index contributed by atoms with van der Waals surface area (Å²) in [7, 11) is 2.89. The van der Waals surface area contributed by atoms with E-state index >= 15 is 0 Å². The van der Waals surface area contributed by atoms with E-state index in [9.17, 15) is 4.79 Å². The second-order valence-electron chi connectivity index (χ2n) is 3.36. The van der Waals surface area contributed by atoms with Crippen LogP contribution in [0.1, 0.15) is 11.5 Å². The van der Waals surface area contributed by atoms with Crippen LogP contribution in [0.2, 0.25) is 5.02 Å². The summed E-state index contributed by atoms with van der Waals surface area (Å²) in [6.07, 6.45) is 0. The van der Waals surface area contributed by atoms with Crippen molar-refractivity contribution in [2.75, 3.05) is 20.8 Å². The summed E-state index contributed by atoms with van der Waals surface area (Å²) in [6.45, 7) is -0.0464. The molecule has 0 aromatic heterocycles. The van der Waals surface area contributed by atoms with E-state index in [0.717, 1.165) is 0 Å². The highest BCUT2D eigenvalue weighted by atomic mass is 35.5. The molecule has 0 fully saturated rings. The van der Waals surface area contributed by atoms with Crippen molar-refractivity contribution in [2.45, 2.75) is 5.92 Å². The summed E-state index contributed by atoms with van der Waals surface area (Å²) in [5, 5.41) is 9.45. The molecule has 1 rings (SSSR count). The number of benzene rings is 1. The summed E-state index contributed by atoms with van der Waals surface area (Å²) >= 11 is 5.89. The van der Waals surface area contributed by atoms with Crippen molar-refractivity contribution < 1.29 is 19.4 Å². The van der Waals surface area contributed by atoms with Crippen LogP contribution in [0.3, 0.4) is 0 Å². The lowest BCUT2D eigenvalue weighted by atomic mass is 9.98. The average molecular weight is 260 g/mol. The molecule has 0 aliphatic rings. The van der Waals surface area contributed by atoms with Crippen LogP contribution in [-0.4, -0.2) is 31.8 Å². The number of nitrogens with two attached hydrogens (primary N) is 1. The molecule has 0 spiro atoms. The van der Waals surface area contributed by atoms with Gasteiger partial charge in [-0.1, -0.05) is 11.6 Å². The van der Waals surface area contributed by atoms with Crippen molar-refractivity contribution in [3.63, 3.8) is 0 Å². The Morgan fingerprint density at radius 3 is 2.53 bits per heavy atom. The fraction of sp³-hybridized carbons (Fsp3) is 0.364. The molecule has 0 saturated carbocycles. The van der Waals surface area contributed by atoms with Gasteiger partial charge in [0.15, 0.2) is 11.5 Å². The van der Waals surface area contributed by atoms with Gasteiger partial charge in [-0.05, 0) is 6.07 Å². The lowest BCUT2D eigenvalue weighted by Gasteiger charge is -2.17. The SMILES string of the molecule is COc1cc(Cl)cc(C(CN)C(=O)O)c1OC. The number of carbonyl (C=O) groups is 1. The Labute approximate surface area is 104 Å². The smallest absolute Gasteiger partial charge is 0.312 e. The molecule has 1 atom stereocenters. The molecule has 0 bridgehead atoms. The van der Waals surface area contributed by atoms with Crippen LogP contribution < -0.4 is 15.2 Å². The number of carboxylic acids is 1. The van der Waals surface area contributed by atoms with Crippen molar-refractivity contribution in [3.05, 3.63) is 22.7 Å². The number of halogens is 1. The first kappa shape index (κ1) is 13.6. The molecule has 1 aromatic rings. The maximum Gasteiger partial charge on any atom is 0.312 e. The number of methoxy groups -OCH3 is 2. The number of hydrogen-bond donors (Lipinski definition) is 2. The lowest BCUT2D eigenvalue weighted by molar-refractivity contribution is -0.138. The second-order valence-corrected chi connectivity index (χ2v) is 3.79. The zero-order chi connectivity index (χ0) is 13.0. The molecular weight excluding hydrogens is 246 g/mol. The Bertz CT molecular complexity index is 422. The van der Waals surface area contributed by atoms with Crippen LogP contribution in [0.4, 0.5) is 0 Å². The first-order chi connectivity index (χ1) is 8.04. The van der Waals surface area contributed by atoms with E-state index < -0.39 is 11.9 Å². The van der Waals surface area contributed by atoms with E-state index in [0.29, 0.717) is 22.1 Å². The van der Waals surface area contributed by atoms with Crippen molar-refractivity contribution in [3.8, 4) is 11.5 Å². The molecule has 1 unspecified atom stereocenters. The molecule has 0 saturated heterocycles. The van der Waals surface area contributed by atoms with Gasteiger partial charge < -0.3 is 20.3 Å². The maximum atomic E-state index is 11.1. The molecule has 94 valence electrons. The predicted octanol–water partition coefficient (Wildman–Crippen LogP) is 1.48. The third kappa shape index (κ3) is 2.81. The van der Waals surface area contributed by atoms with Gasteiger partial charge in [0.05, 0.1) is 20.1 Å². The molecule has 17 heavy (non-hydrogen) atoms. The summed E-state index contributed by atoms with van der Waals surface area (Å²) in [4.78, 5) is 11.1. The molecule has 3 N–H and O–H groups in total. The fourth-order valence-corrected chi connectivity index (χ4v) is 1.80. The van der Waals surface area contributed by atoms with Gasteiger partial charge in [0.1, 0.15) is 0 Å². The Balaban J connectivity index is 3.39. The molecule has 0 aliphatic heterocycles. The van der Waals surface area contributed by atoms with Crippen molar-refractivity contribution in [1.29, 1.82) is 0 Å². The van der Waals surface area contributed by atoms with E-state index in [1.165, 1.54) is 20.3 Å². The highest BCUT2D eigenvalue weighted by Crippen LogP contribution is 2.38. The number of rotatable bonds is 5. The molecule has 1 aromatic carbocycles. The molecule has 0 amide bonds. The number of hydrogen-bond acceptors (Lipinski definition) is 4. The van der Waals surface area contributed by atoms with Gasteiger partial charge in [-0.2, -0.15) is 0 Å². The van der Waals surface area contributed by atoms with Crippen LogP contribution in [-0.2, 0) is 4.79 Å². The zero-order valence-corrected chi connectivity index (χ0v) is 10.3. The summed E-state index contributed by atoms with van der Waals surface area (Å²) < 4.78 is 10.2. The number of ether oxygens (including phenoxy) is 2. The highest BCUT2D eigenvalue weighted by Gasteiger charge is 2.24. The fourth-order valence-electron chi connectivity index (χ4n) is 1.58. The van der Waals surface area contributed by atoms with Crippen molar-refractivity contribution >= 4 is 17.6 Å². The molecule has 6 heteroatoms. The first-order valence-corrected chi connectivity index (χ1v) is 5.27. The van der Waals surface area contributed by atoms with Crippen LogP contribution in [0.25, 0.3) is 0 Å². The summed E-state index contributed by atoms with van der Waals surface area (Å²) in [6, 6.07) is 3.08. The Morgan fingerprint density at radius 2 is 2.12 bits per heavy atom. The van der Waals surface area contributed by atoms with Gasteiger partial charge in [-0.15, -0.1) is 0 Å². The standard InChI is InChI=1S/C11H14ClNO4/c1-16-9-4-6(12)3-7(10(9)17-2)8(5-13)11(14)15/h3-4,8H,5,13H2,1-2H3,(H,14,15). The Morgan fingerprint density at radius 1 is 1.47 bits per heavy atom. The topological polar surface area (TPSA) is 81.8 Å². The minimum absolute atomic E-state index is 0.0464. The van der Waals surface area contributed by atoms with Crippen LogP contribution in [0, 0.1) is 0 Å². The highest BCUT2D eigenvalue weighted by molar-refractivity contribution is 6.30. The molecule has 0 aliphatic carbocycles. The van der Waals surface area contributed by atoms with Gasteiger partial charge in [-0.3, -0.25) is 4.79 Å². The van der Waals surface area contributed by atoms with E-state index in [4.69, 9.17) is 31.9 Å². The first-order valence-electron chi connectivity index (χ1n) is 4.89. The monoisotopic (exact) mass is 259 g/mol. The number of aliphatic carboxylic acids is 1. The van der Waals surface area contributed by atoms with E-state index in [1.54, 1.807) is 6.07 Å². The predicted molar refractivity (Wildman–Crippen MR) is 64.0 cm³/mol. The minimum atomic E-state index is -1.03. The molecule has 0 heterocycles. The molecule has 0 radical (unpaired) electrons. The quantitative estimate of drug-likeness (QED) is 0.837. The second kappa shape index (κ2) is 5.75. The van der Waals surface area contributed by atoms with Gasteiger partial charge in [0, 0.05) is 23.2 Å². The van der Waals surface area contributed by atoms with Gasteiger partial charge >= 0.3 is 5.97 Å². The molecular formula is C11H14ClNO4. The lowest BCUT2D eigenvalue weighted by Crippen LogP contribution is -2.21. The Hall–Kier alpha value is -1.46. The minimum Gasteiger partial charge on any atom is -0.493 e. The average Bonchev–Trinajstić information content (AvgIpc) is 2.28. The van der Waals surface area contributed by atoms with E-state index in [1.807, 2.05) is 0 Å². The number of carboxylic acid groups (broad SMARTS) is 1. The summed E-state index contributed by atoms with van der Waals surface area (Å²) in [5.74, 6) is -1.18. The normalized spacial score (nSPS) is 12.0. The van der Waals surface area contributed by atoms with Crippen LogP contribution in [0.5, 0.6) is 11.5 Å². The van der Waals surface area contributed by atoms with E-state index in [2.05, 4.69) is 0 Å². The van der Waals surface area contributed by atoms with Gasteiger partial charge in [0.25, 0.3) is 0 Å². The van der Waals surface area contributed by atoms with E-state index in [-0.39, 0.29) is 6.54 Å². The maximum absolute atomic E-state index is 11.1. The van der Waals surface area contributed by atoms with Crippen molar-refractivity contribution in [1.82, 2.24) is 0 Å². The third-order valence-electron chi connectivity index (χ3n) is 2.38.